The number of sulfonamides is 1. The van der Waals surface area contributed by atoms with Crippen molar-refractivity contribution >= 4 is 10.0 Å². The second-order valence-electron chi connectivity index (χ2n) is 5.81. The van der Waals surface area contributed by atoms with Crippen molar-refractivity contribution in [3.05, 3.63) is 53.6 Å². The van der Waals surface area contributed by atoms with Crippen molar-refractivity contribution < 1.29 is 21.9 Å². The molecule has 0 saturated carbocycles. The van der Waals surface area contributed by atoms with Gasteiger partial charge < -0.3 is 10.1 Å². The normalized spacial score (nSPS) is 16.0. The lowest BCUT2D eigenvalue weighted by atomic mass is 10.2. The molecule has 2 aromatic rings. The number of aryl methyl sites for hydroxylation is 1. The van der Waals surface area contributed by atoms with E-state index in [2.05, 4.69) is 5.32 Å². The van der Waals surface area contributed by atoms with Crippen LogP contribution in [0.3, 0.4) is 0 Å². The van der Waals surface area contributed by atoms with Gasteiger partial charge in [0.25, 0.3) is 0 Å². The molecule has 2 aromatic carbocycles. The SMILES string of the molecule is Cc1ccc(Oc2cc(F)cc(F)c2)c(S(=O)(=O)N2CCNCC2)c1. The molecular weight excluding hydrogens is 350 g/mol. The van der Waals surface area contributed by atoms with Crippen LogP contribution < -0.4 is 10.1 Å². The zero-order valence-corrected chi connectivity index (χ0v) is 14.4. The number of halogens is 2. The standard InChI is InChI=1S/C17H18F2N2O3S/c1-12-2-3-16(24-15-10-13(18)9-14(19)11-15)17(8-12)25(22,23)21-6-4-20-5-7-21/h2-3,8-11,20H,4-7H2,1H3. The molecule has 1 aliphatic rings. The monoisotopic (exact) mass is 368 g/mol. The van der Waals surface area contributed by atoms with Gasteiger partial charge in [-0.3, -0.25) is 0 Å². The van der Waals surface area contributed by atoms with Gasteiger partial charge >= 0.3 is 0 Å². The maximum absolute atomic E-state index is 13.4. The Morgan fingerprint density at radius 1 is 1.04 bits per heavy atom. The molecule has 134 valence electrons. The van der Waals surface area contributed by atoms with Crippen LogP contribution in [0, 0.1) is 18.6 Å². The van der Waals surface area contributed by atoms with E-state index in [1.807, 2.05) is 0 Å². The molecule has 1 aliphatic heterocycles. The van der Waals surface area contributed by atoms with Crippen molar-refractivity contribution in [1.82, 2.24) is 9.62 Å². The quantitative estimate of drug-likeness (QED) is 0.901. The smallest absolute Gasteiger partial charge is 0.246 e. The zero-order chi connectivity index (χ0) is 18.0. The Kier molecular flexibility index (Phi) is 5.03. The topological polar surface area (TPSA) is 58.6 Å². The molecule has 25 heavy (non-hydrogen) atoms. The van der Waals surface area contributed by atoms with Crippen molar-refractivity contribution in [3.8, 4) is 11.5 Å². The molecule has 1 N–H and O–H groups in total. The molecule has 0 aliphatic carbocycles. The summed E-state index contributed by atoms with van der Waals surface area (Å²) in [6.45, 7) is 3.60. The Hall–Kier alpha value is -2.03. The molecule has 0 atom stereocenters. The van der Waals surface area contributed by atoms with E-state index in [-0.39, 0.29) is 16.4 Å². The zero-order valence-electron chi connectivity index (χ0n) is 13.6. The van der Waals surface area contributed by atoms with Crippen molar-refractivity contribution in [2.24, 2.45) is 0 Å². The Morgan fingerprint density at radius 2 is 1.68 bits per heavy atom. The van der Waals surface area contributed by atoms with Gasteiger partial charge in [-0.15, -0.1) is 0 Å². The van der Waals surface area contributed by atoms with Gasteiger partial charge in [0.05, 0.1) is 0 Å². The van der Waals surface area contributed by atoms with E-state index in [4.69, 9.17) is 4.74 Å². The maximum atomic E-state index is 13.4. The first-order valence-electron chi connectivity index (χ1n) is 7.82. The number of rotatable bonds is 4. The summed E-state index contributed by atoms with van der Waals surface area (Å²) in [6, 6.07) is 7.41. The number of piperazine rings is 1. The Morgan fingerprint density at radius 3 is 2.32 bits per heavy atom. The lowest BCUT2D eigenvalue weighted by Gasteiger charge is -2.27. The molecule has 5 nitrogen and oxygen atoms in total. The number of nitrogens with zero attached hydrogens (tertiary/aromatic N) is 1. The summed E-state index contributed by atoms with van der Waals surface area (Å²) < 4.78 is 59.5. The highest BCUT2D eigenvalue weighted by molar-refractivity contribution is 7.89. The molecule has 1 fully saturated rings. The van der Waals surface area contributed by atoms with Crippen molar-refractivity contribution in [2.45, 2.75) is 11.8 Å². The van der Waals surface area contributed by atoms with Crippen LogP contribution in [-0.2, 0) is 10.0 Å². The first-order valence-corrected chi connectivity index (χ1v) is 9.26. The molecule has 8 heteroatoms. The van der Waals surface area contributed by atoms with E-state index in [1.54, 1.807) is 13.0 Å². The van der Waals surface area contributed by atoms with Gasteiger partial charge in [-0.2, -0.15) is 4.31 Å². The van der Waals surface area contributed by atoms with Crippen LogP contribution >= 0.6 is 0 Å². The summed E-state index contributed by atoms with van der Waals surface area (Å²) >= 11 is 0. The Balaban J connectivity index is 2.00. The van der Waals surface area contributed by atoms with E-state index in [1.165, 1.54) is 16.4 Å². The van der Waals surface area contributed by atoms with Gasteiger partial charge in [0, 0.05) is 44.4 Å². The summed E-state index contributed by atoms with van der Waals surface area (Å²) in [7, 11) is -3.77. The number of ether oxygens (including phenoxy) is 1. The minimum atomic E-state index is -3.77. The van der Waals surface area contributed by atoms with Crippen LogP contribution in [0.4, 0.5) is 8.78 Å². The molecule has 1 heterocycles. The second-order valence-corrected chi connectivity index (χ2v) is 7.72. The molecule has 0 spiro atoms. The molecule has 1 saturated heterocycles. The minimum Gasteiger partial charge on any atom is -0.456 e. The lowest BCUT2D eigenvalue weighted by molar-refractivity contribution is 0.358. The Labute approximate surface area is 145 Å². The number of benzene rings is 2. The first kappa shape index (κ1) is 17.8. The molecule has 0 bridgehead atoms. The van der Waals surface area contributed by atoms with Gasteiger partial charge in [-0.1, -0.05) is 6.07 Å². The van der Waals surface area contributed by atoms with Crippen molar-refractivity contribution in [3.63, 3.8) is 0 Å². The van der Waals surface area contributed by atoms with Crippen LogP contribution in [-0.4, -0.2) is 38.9 Å². The van der Waals surface area contributed by atoms with Crippen molar-refractivity contribution in [1.29, 1.82) is 0 Å². The molecule has 3 rings (SSSR count). The van der Waals surface area contributed by atoms with Crippen LogP contribution in [0.2, 0.25) is 0 Å². The predicted octanol–water partition coefficient (Wildman–Crippen LogP) is 2.66. The summed E-state index contributed by atoms with van der Waals surface area (Å²) in [5, 5.41) is 3.10. The van der Waals surface area contributed by atoms with Crippen LogP contribution in [0.5, 0.6) is 11.5 Å². The van der Waals surface area contributed by atoms with Gasteiger partial charge in [-0.25, -0.2) is 17.2 Å². The highest BCUT2D eigenvalue weighted by Crippen LogP contribution is 2.32. The van der Waals surface area contributed by atoms with Crippen LogP contribution in [0.1, 0.15) is 5.56 Å². The van der Waals surface area contributed by atoms with E-state index in [0.717, 1.165) is 23.8 Å². The third kappa shape index (κ3) is 3.97. The van der Waals surface area contributed by atoms with Crippen molar-refractivity contribution in [2.75, 3.05) is 26.2 Å². The molecule has 0 unspecified atom stereocenters. The van der Waals surface area contributed by atoms with Gasteiger partial charge in [0.2, 0.25) is 10.0 Å². The van der Waals surface area contributed by atoms with Gasteiger partial charge in [0.15, 0.2) is 0 Å². The fourth-order valence-corrected chi connectivity index (χ4v) is 4.28. The van der Waals surface area contributed by atoms with Gasteiger partial charge in [-0.05, 0) is 24.6 Å². The average Bonchev–Trinajstić information content (AvgIpc) is 2.56. The van der Waals surface area contributed by atoms with Crippen LogP contribution in [0.15, 0.2) is 41.3 Å². The molecule has 0 radical (unpaired) electrons. The van der Waals surface area contributed by atoms with Crippen LogP contribution in [0.25, 0.3) is 0 Å². The largest absolute Gasteiger partial charge is 0.456 e. The molecular formula is C17H18F2N2O3S. The fourth-order valence-electron chi connectivity index (χ4n) is 2.64. The summed E-state index contributed by atoms with van der Waals surface area (Å²) in [5.74, 6) is -1.66. The van der Waals surface area contributed by atoms with E-state index in [9.17, 15) is 17.2 Å². The van der Waals surface area contributed by atoms with Gasteiger partial charge in [0.1, 0.15) is 28.0 Å². The third-order valence-electron chi connectivity index (χ3n) is 3.86. The highest BCUT2D eigenvalue weighted by Gasteiger charge is 2.29. The predicted molar refractivity (Wildman–Crippen MR) is 89.2 cm³/mol. The highest BCUT2D eigenvalue weighted by atomic mass is 32.2. The number of hydrogen-bond donors (Lipinski definition) is 1. The minimum absolute atomic E-state index is 0.0148. The average molecular weight is 368 g/mol. The molecule has 0 amide bonds. The summed E-state index contributed by atoms with van der Waals surface area (Å²) in [6.07, 6.45) is 0. The first-order chi connectivity index (χ1) is 11.9. The van der Waals surface area contributed by atoms with E-state index in [0.29, 0.717) is 26.2 Å². The fraction of sp³-hybridized carbons (Fsp3) is 0.294. The number of hydrogen-bond acceptors (Lipinski definition) is 4. The van der Waals surface area contributed by atoms with E-state index >= 15 is 0 Å². The summed E-state index contributed by atoms with van der Waals surface area (Å²) in [5.41, 5.74) is 0.742. The Bertz CT molecular complexity index is 861. The second kappa shape index (κ2) is 7.07. The number of nitrogens with one attached hydrogen (secondary N) is 1. The molecule has 0 aromatic heterocycles. The van der Waals surface area contributed by atoms with E-state index < -0.39 is 21.7 Å². The third-order valence-corrected chi connectivity index (χ3v) is 5.78. The lowest BCUT2D eigenvalue weighted by Crippen LogP contribution is -2.46. The maximum Gasteiger partial charge on any atom is 0.246 e. The summed E-state index contributed by atoms with van der Waals surface area (Å²) in [4.78, 5) is -0.0148.